The molecule has 0 radical (unpaired) electrons. The number of amides is 1. The van der Waals surface area contributed by atoms with Crippen LogP contribution in [0.25, 0.3) is 0 Å². The summed E-state index contributed by atoms with van der Waals surface area (Å²) < 4.78 is 13.1. The summed E-state index contributed by atoms with van der Waals surface area (Å²) in [5.74, 6) is 2.26. The van der Waals surface area contributed by atoms with E-state index >= 15 is 0 Å². The van der Waals surface area contributed by atoms with Crippen molar-refractivity contribution in [1.29, 1.82) is 0 Å². The molecule has 3 aliphatic rings. The van der Waals surface area contributed by atoms with Gasteiger partial charge >= 0.3 is 0 Å². The maximum atomic E-state index is 13.5. The quantitative estimate of drug-likeness (QED) is 0.503. The number of fused-ring (bicyclic) bond motifs is 2. The number of carbonyl (C=O) groups excluding carboxylic acids is 1. The van der Waals surface area contributed by atoms with Crippen molar-refractivity contribution in [3.8, 4) is 11.5 Å². The second-order valence-corrected chi connectivity index (χ2v) is 10.4. The van der Waals surface area contributed by atoms with Gasteiger partial charge in [-0.05, 0) is 48.4 Å². The van der Waals surface area contributed by atoms with Gasteiger partial charge in [0, 0.05) is 50.4 Å². The molecule has 1 unspecified atom stereocenters. The summed E-state index contributed by atoms with van der Waals surface area (Å²) in [6, 6.07) is 16.7. The number of aromatic nitrogens is 2. The molecule has 188 valence electrons. The van der Waals surface area contributed by atoms with Crippen LogP contribution in [-0.2, 0) is 25.9 Å². The van der Waals surface area contributed by atoms with E-state index in [4.69, 9.17) is 14.6 Å². The number of carbonyl (C=O) groups is 1. The van der Waals surface area contributed by atoms with E-state index in [-0.39, 0.29) is 5.91 Å². The van der Waals surface area contributed by atoms with Gasteiger partial charge in [-0.15, -0.1) is 0 Å². The monoisotopic (exact) mass is 486 g/mol. The molecule has 36 heavy (non-hydrogen) atoms. The molecule has 1 aromatic heterocycles. The third-order valence-corrected chi connectivity index (χ3v) is 7.58. The van der Waals surface area contributed by atoms with Crippen LogP contribution in [-0.4, -0.2) is 58.5 Å². The minimum atomic E-state index is 0.103. The fraction of sp³-hybridized carbons (Fsp3) is 0.448. The van der Waals surface area contributed by atoms with E-state index < -0.39 is 0 Å². The van der Waals surface area contributed by atoms with Crippen LogP contribution in [0.1, 0.15) is 52.6 Å². The topological polar surface area (TPSA) is 59.8 Å². The van der Waals surface area contributed by atoms with Gasteiger partial charge < -0.3 is 14.4 Å². The maximum absolute atomic E-state index is 13.5. The lowest BCUT2D eigenvalue weighted by Crippen LogP contribution is -2.36. The maximum Gasteiger partial charge on any atom is 0.274 e. The second-order valence-electron chi connectivity index (χ2n) is 10.4. The molecule has 1 atom stereocenters. The molecule has 1 amide bonds. The smallest absolute Gasteiger partial charge is 0.274 e. The number of benzene rings is 2. The second kappa shape index (κ2) is 9.97. The van der Waals surface area contributed by atoms with Crippen molar-refractivity contribution in [2.45, 2.75) is 45.7 Å². The molecule has 1 saturated heterocycles. The zero-order valence-electron chi connectivity index (χ0n) is 21.0. The highest BCUT2D eigenvalue weighted by molar-refractivity contribution is 5.94. The van der Waals surface area contributed by atoms with Crippen LogP contribution in [0, 0.1) is 5.92 Å². The number of hydrogen-bond donors (Lipinski definition) is 0. The Bertz CT molecular complexity index is 1230. The summed E-state index contributed by atoms with van der Waals surface area (Å²) >= 11 is 0. The Morgan fingerprint density at radius 1 is 1.00 bits per heavy atom. The average Bonchev–Trinajstić information content (AvgIpc) is 3.65. The van der Waals surface area contributed by atoms with Crippen molar-refractivity contribution < 1.29 is 14.3 Å². The van der Waals surface area contributed by atoms with Gasteiger partial charge in [0.25, 0.3) is 5.91 Å². The van der Waals surface area contributed by atoms with Crippen LogP contribution < -0.4 is 9.47 Å². The predicted molar refractivity (Wildman–Crippen MR) is 137 cm³/mol. The van der Waals surface area contributed by atoms with Gasteiger partial charge in [0.2, 0.25) is 6.79 Å². The Morgan fingerprint density at radius 3 is 2.64 bits per heavy atom. The first-order chi connectivity index (χ1) is 17.6. The van der Waals surface area contributed by atoms with Crippen LogP contribution in [0.5, 0.6) is 11.5 Å². The average molecular weight is 487 g/mol. The molecule has 0 spiro atoms. The molecular formula is C29H34N4O3. The molecule has 2 aromatic carbocycles. The number of hydrogen-bond acceptors (Lipinski definition) is 5. The van der Waals surface area contributed by atoms with Gasteiger partial charge in [0.05, 0.1) is 6.54 Å². The highest BCUT2D eigenvalue weighted by Gasteiger charge is 2.31. The van der Waals surface area contributed by atoms with Crippen LogP contribution in [0.4, 0.5) is 0 Å². The van der Waals surface area contributed by atoms with Crippen molar-refractivity contribution in [2.75, 3.05) is 33.0 Å². The SMILES string of the molecule is CC(Cc1ccc2c(c1)OCO2)CN1CCc2c(c(C(=O)N3CCCC3)nn2Cc2ccccc2)C1. The molecule has 0 bridgehead atoms. The van der Waals surface area contributed by atoms with Crippen molar-refractivity contribution in [1.82, 2.24) is 19.6 Å². The lowest BCUT2D eigenvalue weighted by atomic mass is 9.98. The predicted octanol–water partition coefficient (Wildman–Crippen LogP) is 4.13. The number of likely N-dealkylation sites (tertiary alicyclic amines) is 1. The molecular weight excluding hydrogens is 452 g/mol. The minimum Gasteiger partial charge on any atom is -0.454 e. The Kier molecular flexibility index (Phi) is 6.40. The summed E-state index contributed by atoms with van der Waals surface area (Å²) in [4.78, 5) is 17.9. The lowest BCUT2D eigenvalue weighted by Gasteiger charge is -2.30. The Morgan fingerprint density at radius 2 is 1.81 bits per heavy atom. The van der Waals surface area contributed by atoms with Crippen LogP contribution in [0.3, 0.4) is 0 Å². The fourth-order valence-corrected chi connectivity index (χ4v) is 5.81. The molecule has 3 aliphatic heterocycles. The molecule has 1 fully saturated rings. The first-order valence-electron chi connectivity index (χ1n) is 13.2. The van der Waals surface area contributed by atoms with Crippen molar-refractivity contribution >= 4 is 5.91 Å². The van der Waals surface area contributed by atoms with Gasteiger partial charge in [-0.3, -0.25) is 14.4 Å². The van der Waals surface area contributed by atoms with E-state index in [1.807, 2.05) is 17.0 Å². The number of rotatable bonds is 7. The van der Waals surface area contributed by atoms with Crippen LogP contribution in [0.2, 0.25) is 0 Å². The zero-order valence-corrected chi connectivity index (χ0v) is 21.0. The van der Waals surface area contributed by atoms with E-state index in [1.165, 1.54) is 16.8 Å². The van der Waals surface area contributed by atoms with Crippen molar-refractivity contribution in [2.24, 2.45) is 5.92 Å². The van der Waals surface area contributed by atoms with Crippen molar-refractivity contribution in [3.05, 3.63) is 76.6 Å². The summed E-state index contributed by atoms with van der Waals surface area (Å²) in [5.41, 5.74) is 5.49. The first-order valence-corrected chi connectivity index (χ1v) is 13.2. The van der Waals surface area contributed by atoms with E-state index in [0.717, 1.165) is 75.5 Å². The summed E-state index contributed by atoms with van der Waals surface area (Å²) in [6.07, 6.45) is 4.07. The number of ether oxygens (including phenoxy) is 2. The highest BCUT2D eigenvalue weighted by atomic mass is 16.7. The molecule has 7 nitrogen and oxygen atoms in total. The summed E-state index contributed by atoms with van der Waals surface area (Å²) in [6.45, 7) is 7.74. The standard InChI is InChI=1S/C29H34N4O3/c1-21(15-23-9-10-26-27(16-23)36-20-35-26)17-31-14-11-25-24(19-31)28(29(34)32-12-5-6-13-32)30-33(25)18-22-7-3-2-4-8-22/h2-4,7-10,16,21H,5-6,11-15,17-20H2,1H3. The molecule has 0 saturated carbocycles. The fourth-order valence-electron chi connectivity index (χ4n) is 5.81. The van der Waals surface area contributed by atoms with E-state index in [2.05, 4.69) is 52.9 Å². The van der Waals surface area contributed by atoms with Crippen LogP contribution >= 0.6 is 0 Å². The molecule has 3 aromatic rings. The van der Waals surface area contributed by atoms with Gasteiger partial charge in [-0.2, -0.15) is 5.10 Å². The molecule has 4 heterocycles. The van der Waals surface area contributed by atoms with Crippen LogP contribution in [0.15, 0.2) is 48.5 Å². The summed E-state index contributed by atoms with van der Waals surface area (Å²) in [5, 5.41) is 4.92. The van der Waals surface area contributed by atoms with E-state index in [9.17, 15) is 4.79 Å². The lowest BCUT2D eigenvalue weighted by molar-refractivity contribution is 0.0783. The van der Waals surface area contributed by atoms with E-state index in [0.29, 0.717) is 24.9 Å². The van der Waals surface area contributed by atoms with Gasteiger partial charge in [-0.25, -0.2) is 0 Å². The zero-order chi connectivity index (χ0) is 24.5. The first kappa shape index (κ1) is 23.1. The molecule has 0 aliphatic carbocycles. The van der Waals surface area contributed by atoms with Crippen molar-refractivity contribution in [3.63, 3.8) is 0 Å². The molecule has 6 rings (SSSR count). The summed E-state index contributed by atoms with van der Waals surface area (Å²) in [7, 11) is 0. The normalized spacial score (nSPS) is 17.9. The largest absolute Gasteiger partial charge is 0.454 e. The van der Waals surface area contributed by atoms with E-state index in [1.54, 1.807) is 0 Å². The molecule has 0 N–H and O–H groups in total. The Balaban J connectivity index is 1.19. The van der Waals surface area contributed by atoms with Gasteiger partial charge in [-0.1, -0.05) is 43.3 Å². The molecule has 7 heteroatoms. The minimum absolute atomic E-state index is 0.103. The Labute approximate surface area is 212 Å². The van der Waals surface area contributed by atoms with Gasteiger partial charge in [0.1, 0.15) is 0 Å². The number of nitrogens with zero attached hydrogens (tertiary/aromatic N) is 4. The van der Waals surface area contributed by atoms with Gasteiger partial charge in [0.15, 0.2) is 17.2 Å². The third-order valence-electron chi connectivity index (χ3n) is 7.58. The third kappa shape index (κ3) is 4.72. The Hall–Kier alpha value is -3.32. The highest BCUT2D eigenvalue weighted by Crippen LogP contribution is 2.33.